The van der Waals surface area contributed by atoms with Crippen molar-refractivity contribution in [2.75, 3.05) is 4.90 Å². The third-order valence-corrected chi connectivity index (χ3v) is 12.9. The maximum Gasteiger partial charge on any atom is 0.0747 e. The lowest BCUT2D eigenvalue weighted by molar-refractivity contribution is 0.738. The van der Waals surface area contributed by atoms with E-state index in [1.165, 1.54) is 61.1 Å². The lowest BCUT2D eigenvalue weighted by Crippen LogP contribution is -2.25. The quantitative estimate of drug-likeness (QED) is 0.168. The number of hydrogen-bond donors (Lipinski definition) is 0. The van der Waals surface area contributed by atoms with Gasteiger partial charge in [-0.3, -0.25) is 0 Å². The molecule has 12 rings (SSSR count). The third-order valence-electron chi connectivity index (χ3n) is 12.9. The Morgan fingerprint density at radius 2 is 1.10 bits per heavy atom. The van der Waals surface area contributed by atoms with Gasteiger partial charge in [0.05, 0.1) is 33.7 Å². The van der Waals surface area contributed by atoms with Crippen molar-refractivity contribution >= 4 is 33.5 Å². The summed E-state index contributed by atoms with van der Waals surface area (Å²) in [4.78, 5) is 7.76. The minimum absolute atomic E-state index is 0.507. The van der Waals surface area contributed by atoms with E-state index in [9.17, 15) is 0 Å². The Bertz CT molecular complexity index is 3110. The van der Waals surface area contributed by atoms with Crippen LogP contribution in [0.3, 0.4) is 0 Å². The summed E-state index contributed by atoms with van der Waals surface area (Å²) in [5.74, 6) is 0.507. The summed E-state index contributed by atoms with van der Waals surface area (Å²) in [5, 5.41) is 1.23. The molecule has 3 aliphatic rings. The summed E-state index contributed by atoms with van der Waals surface area (Å²) in [6.07, 6.45) is 7.93. The predicted molar refractivity (Wildman–Crippen MR) is 248 cm³/mol. The number of anilines is 3. The normalized spacial score (nSPS) is 15.3. The molecule has 284 valence electrons. The highest BCUT2D eigenvalue weighted by molar-refractivity contribution is 6.06. The van der Waals surface area contributed by atoms with Crippen molar-refractivity contribution in [1.29, 1.82) is 0 Å². The van der Waals surface area contributed by atoms with E-state index < -0.39 is 5.41 Å². The van der Waals surface area contributed by atoms with Gasteiger partial charge in [0, 0.05) is 39.1 Å². The Kier molecular flexibility index (Phi) is 7.80. The number of fused-ring (bicyclic) bond motifs is 12. The summed E-state index contributed by atoms with van der Waals surface area (Å²) >= 11 is 0. The van der Waals surface area contributed by atoms with Gasteiger partial charge in [0.25, 0.3) is 0 Å². The molecule has 0 saturated heterocycles. The van der Waals surface area contributed by atoms with E-state index in [0.29, 0.717) is 5.92 Å². The maximum absolute atomic E-state index is 5.38. The van der Waals surface area contributed by atoms with Gasteiger partial charge in [-0.25, -0.2) is 4.98 Å². The van der Waals surface area contributed by atoms with Gasteiger partial charge in [-0.15, -0.1) is 0 Å². The summed E-state index contributed by atoms with van der Waals surface area (Å²) in [6.45, 7) is 2.27. The number of pyridine rings is 1. The van der Waals surface area contributed by atoms with Gasteiger partial charge in [0.1, 0.15) is 0 Å². The molecule has 2 heterocycles. The average molecular weight is 768 g/mol. The van der Waals surface area contributed by atoms with E-state index in [-0.39, 0.29) is 0 Å². The molecular formula is C57H41N3. The molecule has 3 nitrogen and oxygen atoms in total. The summed E-state index contributed by atoms with van der Waals surface area (Å²) < 4.78 is 2.55. The zero-order chi connectivity index (χ0) is 39.8. The molecule has 3 aliphatic carbocycles. The van der Waals surface area contributed by atoms with Crippen LogP contribution in [0.1, 0.15) is 41.3 Å². The fourth-order valence-electron chi connectivity index (χ4n) is 10.3. The first-order valence-electron chi connectivity index (χ1n) is 21.0. The van der Waals surface area contributed by atoms with Crippen molar-refractivity contribution in [3.05, 3.63) is 240 Å². The van der Waals surface area contributed by atoms with E-state index in [4.69, 9.17) is 4.98 Å². The number of para-hydroxylation sites is 2. The molecule has 0 saturated carbocycles. The molecule has 0 N–H and O–H groups in total. The van der Waals surface area contributed by atoms with Crippen LogP contribution < -0.4 is 4.90 Å². The Labute approximate surface area is 350 Å². The zero-order valence-corrected chi connectivity index (χ0v) is 33.3. The Morgan fingerprint density at radius 3 is 1.72 bits per heavy atom. The highest BCUT2D eigenvalue weighted by Gasteiger charge is 2.54. The fraction of sp³-hybridized carbons (Fsp3) is 0.0702. The molecule has 2 aromatic heterocycles. The first kappa shape index (κ1) is 34.5. The highest BCUT2D eigenvalue weighted by atomic mass is 15.1. The van der Waals surface area contributed by atoms with Gasteiger partial charge in [0.2, 0.25) is 0 Å². The number of rotatable bonds is 6. The van der Waals surface area contributed by atoms with E-state index in [0.717, 1.165) is 46.1 Å². The minimum atomic E-state index is -0.533. The molecule has 0 bridgehead atoms. The second kappa shape index (κ2) is 13.5. The van der Waals surface area contributed by atoms with Crippen LogP contribution in [0.4, 0.5) is 17.1 Å². The van der Waals surface area contributed by atoms with Crippen LogP contribution in [0.2, 0.25) is 0 Å². The second-order valence-electron chi connectivity index (χ2n) is 16.3. The molecule has 9 aromatic rings. The smallest absolute Gasteiger partial charge is 0.0747 e. The SMILES string of the molecule is C[C@@H]1C=CC(c2cc(-n3c4c(c5cc(N(c6ccccc6)c6ccccc6)ccc53)C3(c5ccccc5-c5ccccc53)c3ccccc3-4)cc(-c3ccccc3)n2)=CC1. The average Bonchev–Trinajstić information content (AvgIpc) is 3.92. The van der Waals surface area contributed by atoms with E-state index in [1.54, 1.807) is 0 Å². The summed E-state index contributed by atoms with van der Waals surface area (Å²) in [5.41, 5.74) is 19.7. The van der Waals surface area contributed by atoms with Crippen LogP contribution in [0.15, 0.2) is 212 Å². The number of benzene rings is 7. The molecule has 0 aliphatic heterocycles. The number of hydrogen-bond acceptors (Lipinski definition) is 2. The van der Waals surface area contributed by atoms with Crippen LogP contribution in [0.5, 0.6) is 0 Å². The van der Waals surface area contributed by atoms with Crippen LogP contribution >= 0.6 is 0 Å². The lowest BCUT2D eigenvalue weighted by Gasteiger charge is -2.30. The van der Waals surface area contributed by atoms with Gasteiger partial charge in [-0.2, -0.15) is 0 Å². The van der Waals surface area contributed by atoms with Crippen LogP contribution in [0.25, 0.3) is 55.8 Å². The molecule has 0 radical (unpaired) electrons. The van der Waals surface area contributed by atoms with Crippen LogP contribution in [0, 0.1) is 5.92 Å². The zero-order valence-electron chi connectivity index (χ0n) is 33.3. The Morgan fingerprint density at radius 1 is 0.550 bits per heavy atom. The molecule has 60 heavy (non-hydrogen) atoms. The van der Waals surface area contributed by atoms with Crippen molar-refractivity contribution < 1.29 is 0 Å². The van der Waals surface area contributed by atoms with Crippen molar-refractivity contribution in [2.24, 2.45) is 5.92 Å². The van der Waals surface area contributed by atoms with E-state index >= 15 is 0 Å². The number of nitrogens with zero attached hydrogens (tertiary/aromatic N) is 3. The molecule has 1 spiro atoms. The topological polar surface area (TPSA) is 21.1 Å². The molecule has 3 heteroatoms. The van der Waals surface area contributed by atoms with Gasteiger partial charge < -0.3 is 9.47 Å². The molecule has 7 aromatic carbocycles. The summed E-state index contributed by atoms with van der Waals surface area (Å²) in [7, 11) is 0. The van der Waals surface area contributed by atoms with Crippen LogP contribution in [-0.2, 0) is 5.41 Å². The Hall–Kier alpha value is -7.49. The van der Waals surface area contributed by atoms with Gasteiger partial charge in [-0.05, 0) is 100 Å². The molecule has 0 amide bonds. The first-order valence-corrected chi connectivity index (χ1v) is 21.0. The Balaban J connectivity index is 1.22. The second-order valence-corrected chi connectivity index (χ2v) is 16.3. The molecule has 1 atom stereocenters. The number of aromatic nitrogens is 2. The number of allylic oxidation sites excluding steroid dienone is 4. The van der Waals surface area contributed by atoms with Crippen molar-refractivity contribution in [1.82, 2.24) is 9.55 Å². The molecule has 0 fully saturated rings. The lowest BCUT2D eigenvalue weighted by atomic mass is 9.70. The highest BCUT2D eigenvalue weighted by Crippen LogP contribution is 2.65. The first-order chi connectivity index (χ1) is 29.7. The predicted octanol–water partition coefficient (Wildman–Crippen LogP) is 14.5. The van der Waals surface area contributed by atoms with Gasteiger partial charge in [0.15, 0.2) is 0 Å². The maximum atomic E-state index is 5.38. The van der Waals surface area contributed by atoms with Crippen molar-refractivity contribution in [3.63, 3.8) is 0 Å². The van der Waals surface area contributed by atoms with Crippen molar-refractivity contribution in [2.45, 2.75) is 18.8 Å². The summed E-state index contributed by atoms with van der Waals surface area (Å²) in [6, 6.07) is 71.2. The molecular weight excluding hydrogens is 727 g/mol. The largest absolute Gasteiger partial charge is 0.310 e. The standard InChI is InChI=1S/C57H41N3/c1-38-29-31-40(32-30-38)53-37-44(36-52(58-53)39-17-5-2-6-18-39)60-54-34-33-43(59(41-19-7-3-8-20-41)42-21-9-4-10-22-42)35-48(54)55-56(60)47-25-13-16-28-51(47)57(55)49-26-14-11-23-45(49)46-24-12-15-27-50(46)57/h2-29,31-38H,30H2,1H3/t38-/m1/s1. The van der Waals surface area contributed by atoms with E-state index in [2.05, 4.69) is 229 Å². The monoisotopic (exact) mass is 767 g/mol. The fourth-order valence-corrected chi connectivity index (χ4v) is 10.3. The van der Waals surface area contributed by atoms with E-state index in [1.807, 2.05) is 0 Å². The third kappa shape index (κ3) is 5.05. The minimum Gasteiger partial charge on any atom is -0.310 e. The van der Waals surface area contributed by atoms with Gasteiger partial charge >= 0.3 is 0 Å². The molecule has 0 unspecified atom stereocenters. The van der Waals surface area contributed by atoms with Crippen LogP contribution in [-0.4, -0.2) is 9.55 Å². The van der Waals surface area contributed by atoms with Crippen molar-refractivity contribution in [3.8, 4) is 39.3 Å². The van der Waals surface area contributed by atoms with Gasteiger partial charge in [-0.1, -0.05) is 165 Å².